The number of thiazole rings is 1. The van der Waals surface area contributed by atoms with Gasteiger partial charge in [-0.3, -0.25) is 14.2 Å². The van der Waals surface area contributed by atoms with Crippen LogP contribution < -0.4 is 16.6 Å². The molecular weight excluding hydrogens is 348 g/mol. The predicted molar refractivity (Wildman–Crippen MR) is 92.6 cm³/mol. The van der Waals surface area contributed by atoms with E-state index in [1.165, 1.54) is 18.4 Å². The van der Waals surface area contributed by atoms with Gasteiger partial charge in [-0.25, -0.2) is 9.78 Å². The van der Waals surface area contributed by atoms with E-state index in [-0.39, 0.29) is 11.7 Å². The van der Waals surface area contributed by atoms with Gasteiger partial charge in [0.2, 0.25) is 0 Å². The quantitative estimate of drug-likeness (QED) is 0.715. The van der Waals surface area contributed by atoms with E-state index >= 15 is 0 Å². The number of rotatable bonds is 5. The van der Waals surface area contributed by atoms with E-state index in [9.17, 15) is 14.4 Å². The first kappa shape index (κ1) is 16.3. The molecule has 3 aromatic rings. The Morgan fingerprint density at radius 3 is 2.88 bits per heavy atom. The molecule has 7 nitrogen and oxygen atoms in total. The molecule has 1 amide bonds. The zero-order valence-corrected chi connectivity index (χ0v) is 14.3. The molecule has 24 heavy (non-hydrogen) atoms. The Bertz CT molecular complexity index is 911. The highest BCUT2D eigenvalue weighted by Crippen LogP contribution is 2.22. The smallest absolute Gasteiger partial charge is 0.328 e. The fraction of sp³-hybridized carbons (Fsp3) is 0.200. The zero-order valence-electron chi connectivity index (χ0n) is 12.7. The summed E-state index contributed by atoms with van der Waals surface area (Å²) in [6, 6.07) is 2.76. The highest BCUT2D eigenvalue weighted by molar-refractivity contribution is 7.09. The summed E-state index contributed by atoms with van der Waals surface area (Å²) in [5, 5.41) is 9.42. The number of carbonyl (C=O) groups is 1. The molecule has 0 aliphatic heterocycles. The molecule has 0 unspecified atom stereocenters. The van der Waals surface area contributed by atoms with Crippen molar-refractivity contribution in [3.8, 4) is 0 Å². The third-order valence-electron chi connectivity index (χ3n) is 3.46. The van der Waals surface area contributed by atoms with Crippen LogP contribution >= 0.6 is 22.7 Å². The van der Waals surface area contributed by atoms with E-state index in [0.717, 1.165) is 21.2 Å². The molecule has 2 N–H and O–H groups in total. The summed E-state index contributed by atoms with van der Waals surface area (Å²) in [5.41, 5.74) is -0.142. The molecule has 3 rings (SSSR count). The van der Waals surface area contributed by atoms with Gasteiger partial charge in [0.15, 0.2) is 0 Å². The van der Waals surface area contributed by atoms with Crippen molar-refractivity contribution in [2.24, 2.45) is 7.05 Å². The first-order valence-electron chi connectivity index (χ1n) is 7.06. The van der Waals surface area contributed by atoms with Crippen molar-refractivity contribution in [1.29, 1.82) is 0 Å². The molecule has 0 aliphatic rings. The van der Waals surface area contributed by atoms with Gasteiger partial charge in [0.25, 0.3) is 11.5 Å². The molecule has 0 aliphatic carbocycles. The van der Waals surface area contributed by atoms with Gasteiger partial charge < -0.3 is 10.3 Å². The van der Waals surface area contributed by atoms with Crippen molar-refractivity contribution in [1.82, 2.24) is 19.9 Å². The SMILES string of the molecule is Cn1c(=O)cc(C(=O)N[C@H](Cc2ccsc2)c2nccs2)[nH]c1=O. The van der Waals surface area contributed by atoms with Gasteiger partial charge in [0, 0.05) is 31.1 Å². The molecule has 1 atom stereocenters. The normalized spacial score (nSPS) is 12.0. The number of amides is 1. The number of thiophene rings is 1. The van der Waals surface area contributed by atoms with Crippen LogP contribution in [0, 0.1) is 0 Å². The molecule has 9 heteroatoms. The predicted octanol–water partition coefficient (Wildman–Crippen LogP) is 1.31. The number of carbonyl (C=O) groups excluding carboxylic acids is 1. The summed E-state index contributed by atoms with van der Waals surface area (Å²) in [6.07, 6.45) is 2.25. The lowest BCUT2D eigenvalue weighted by Crippen LogP contribution is -2.37. The molecule has 0 radical (unpaired) electrons. The first-order valence-corrected chi connectivity index (χ1v) is 8.88. The molecule has 0 saturated carbocycles. The lowest BCUT2D eigenvalue weighted by Gasteiger charge is -2.16. The van der Waals surface area contributed by atoms with Crippen LogP contribution in [-0.4, -0.2) is 20.4 Å². The van der Waals surface area contributed by atoms with Gasteiger partial charge in [-0.1, -0.05) is 0 Å². The van der Waals surface area contributed by atoms with Crippen LogP contribution in [0.3, 0.4) is 0 Å². The number of aromatic amines is 1. The third-order valence-corrected chi connectivity index (χ3v) is 5.09. The highest BCUT2D eigenvalue weighted by Gasteiger charge is 2.20. The van der Waals surface area contributed by atoms with Gasteiger partial charge in [-0.15, -0.1) is 11.3 Å². The Hall–Kier alpha value is -2.52. The molecule has 0 aromatic carbocycles. The minimum atomic E-state index is -0.628. The number of nitrogens with zero attached hydrogens (tertiary/aromatic N) is 2. The van der Waals surface area contributed by atoms with E-state index in [2.05, 4.69) is 15.3 Å². The maximum absolute atomic E-state index is 12.4. The van der Waals surface area contributed by atoms with Crippen LogP contribution in [0.1, 0.15) is 27.1 Å². The Morgan fingerprint density at radius 2 is 2.25 bits per heavy atom. The third kappa shape index (κ3) is 3.52. The van der Waals surface area contributed by atoms with E-state index in [1.54, 1.807) is 17.5 Å². The fourth-order valence-corrected chi connectivity index (χ4v) is 3.54. The van der Waals surface area contributed by atoms with Crippen molar-refractivity contribution in [3.05, 3.63) is 71.6 Å². The summed E-state index contributed by atoms with van der Waals surface area (Å²) in [7, 11) is 1.35. The first-order chi connectivity index (χ1) is 11.5. The van der Waals surface area contributed by atoms with E-state index in [1.807, 2.05) is 22.2 Å². The second kappa shape index (κ2) is 6.93. The summed E-state index contributed by atoms with van der Waals surface area (Å²) >= 11 is 3.02. The monoisotopic (exact) mass is 362 g/mol. The summed E-state index contributed by atoms with van der Waals surface area (Å²) in [4.78, 5) is 42.5. The van der Waals surface area contributed by atoms with Crippen molar-refractivity contribution in [3.63, 3.8) is 0 Å². The van der Waals surface area contributed by atoms with Gasteiger partial charge in [-0.2, -0.15) is 11.3 Å². The maximum atomic E-state index is 12.4. The molecule has 124 valence electrons. The minimum absolute atomic E-state index is 0.0602. The van der Waals surface area contributed by atoms with Crippen LogP contribution in [0.2, 0.25) is 0 Å². The van der Waals surface area contributed by atoms with Gasteiger partial charge in [-0.05, 0) is 22.4 Å². The molecule has 0 fully saturated rings. The topological polar surface area (TPSA) is 96.8 Å². The summed E-state index contributed by atoms with van der Waals surface area (Å²) < 4.78 is 0.903. The van der Waals surface area contributed by atoms with Crippen LogP contribution in [0.25, 0.3) is 0 Å². The van der Waals surface area contributed by atoms with Gasteiger partial charge >= 0.3 is 5.69 Å². The maximum Gasteiger partial charge on any atom is 0.328 e. The minimum Gasteiger partial charge on any atom is -0.341 e. The Morgan fingerprint density at radius 1 is 1.42 bits per heavy atom. The Labute approximate surface area is 144 Å². The lowest BCUT2D eigenvalue weighted by molar-refractivity contribution is 0.0930. The Kier molecular flexibility index (Phi) is 4.72. The molecule has 3 heterocycles. The second-order valence-electron chi connectivity index (χ2n) is 5.12. The number of hydrogen-bond donors (Lipinski definition) is 2. The molecule has 0 bridgehead atoms. The summed E-state index contributed by atoms with van der Waals surface area (Å²) in [6.45, 7) is 0. The number of H-pyrrole nitrogens is 1. The second-order valence-corrected chi connectivity index (χ2v) is 6.82. The van der Waals surface area contributed by atoms with Crippen molar-refractivity contribution in [2.75, 3.05) is 0 Å². The summed E-state index contributed by atoms with van der Waals surface area (Å²) in [5.74, 6) is -0.514. The van der Waals surface area contributed by atoms with Crippen LogP contribution in [0.15, 0.2) is 44.1 Å². The van der Waals surface area contributed by atoms with Crippen molar-refractivity contribution in [2.45, 2.75) is 12.5 Å². The van der Waals surface area contributed by atoms with E-state index < -0.39 is 17.2 Å². The van der Waals surface area contributed by atoms with Gasteiger partial charge in [0.05, 0.1) is 6.04 Å². The van der Waals surface area contributed by atoms with Gasteiger partial charge in [0.1, 0.15) is 10.7 Å². The standard InChI is InChI=1S/C15H14N4O3S2/c1-19-12(20)7-10(18-15(19)22)13(21)17-11(14-16-3-5-24-14)6-9-2-4-23-8-9/h2-5,7-8,11H,6H2,1H3,(H,17,21)(H,18,22)/t11-/m1/s1. The molecule has 3 aromatic heterocycles. The number of nitrogens with one attached hydrogen (secondary N) is 2. The van der Waals surface area contributed by atoms with E-state index in [4.69, 9.17) is 0 Å². The van der Waals surface area contributed by atoms with Crippen LogP contribution in [0.5, 0.6) is 0 Å². The number of aromatic nitrogens is 3. The van der Waals surface area contributed by atoms with Crippen LogP contribution in [0.4, 0.5) is 0 Å². The largest absolute Gasteiger partial charge is 0.341 e. The molecular formula is C15H14N4O3S2. The highest BCUT2D eigenvalue weighted by atomic mass is 32.1. The molecule has 0 saturated heterocycles. The fourth-order valence-electron chi connectivity index (χ4n) is 2.16. The van der Waals surface area contributed by atoms with Crippen LogP contribution in [-0.2, 0) is 13.5 Å². The molecule has 0 spiro atoms. The number of hydrogen-bond acceptors (Lipinski definition) is 6. The van der Waals surface area contributed by atoms with E-state index in [0.29, 0.717) is 6.42 Å². The lowest BCUT2D eigenvalue weighted by atomic mass is 10.1. The average molecular weight is 362 g/mol. The van der Waals surface area contributed by atoms with Crippen molar-refractivity contribution >= 4 is 28.6 Å². The Balaban J connectivity index is 1.86. The van der Waals surface area contributed by atoms with Crippen molar-refractivity contribution < 1.29 is 4.79 Å². The zero-order chi connectivity index (χ0) is 17.1. The average Bonchev–Trinajstić information content (AvgIpc) is 3.24.